The zero-order valence-electron chi connectivity index (χ0n) is 27.1. The Morgan fingerprint density at radius 1 is 0.959 bits per heavy atom. The number of alkyl halides is 6. The molecule has 3 heterocycles. The van der Waals surface area contributed by atoms with E-state index in [1.54, 1.807) is 13.0 Å². The summed E-state index contributed by atoms with van der Waals surface area (Å²) in [5, 5.41) is 0. The van der Waals surface area contributed by atoms with Crippen molar-refractivity contribution in [2.45, 2.75) is 70.1 Å². The maximum atomic E-state index is 13.6. The fraction of sp³-hybridized carbons (Fsp3) is 0.471. The van der Waals surface area contributed by atoms with E-state index in [1.807, 2.05) is 17.0 Å². The number of carbonyl (C=O) groups is 2. The molecule has 1 aromatic heterocycles. The summed E-state index contributed by atoms with van der Waals surface area (Å²) in [6.45, 7) is 4.57. The van der Waals surface area contributed by atoms with Crippen LogP contribution in [0.5, 0.6) is 5.75 Å². The molecule has 2 saturated heterocycles. The molecule has 0 radical (unpaired) electrons. The van der Waals surface area contributed by atoms with Crippen LogP contribution in [-0.4, -0.2) is 60.3 Å². The molecule has 15 heteroatoms. The van der Waals surface area contributed by atoms with Crippen molar-refractivity contribution in [1.29, 1.82) is 0 Å². The van der Waals surface area contributed by atoms with Crippen molar-refractivity contribution in [3.8, 4) is 16.9 Å². The molecule has 262 valence electrons. The summed E-state index contributed by atoms with van der Waals surface area (Å²) in [6.07, 6.45) is -10.3. The molecule has 2 aromatic carbocycles. The maximum absolute atomic E-state index is 13.6. The number of cyclic esters (lactones) is 1. The normalized spacial score (nSPS) is 22.4. The largest absolute Gasteiger partial charge is 0.496 e. The molecule has 2 aliphatic heterocycles. The smallest absolute Gasteiger partial charge is 0.416 e. The van der Waals surface area contributed by atoms with Crippen molar-refractivity contribution in [1.82, 2.24) is 14.9 Å². The molecule has 9 nitrogen and oxygen atoms in total. The van der Waals surface area contributed by atoms with E-state index in [0.717, 1.165) is 25.1 Å². The third-order valence-corrected chi connectivity index (χ3v) is 9.58. The van der Waals surface area contributed by atoms with Gasteiger partial charge in [0, 0.05) is 24.2 Å². The molecule has 0 N–H and O–H groups in total. The number of rotatable bonds is 8. The number of carbonyl (C=O) groups excluding carboxylic acids is 2. The van der Waals surface area contributed by atoms with E-state index < -0.39 is 47.3 Å². The number of methoxy groups -OCH3 is 2. The molecule has 1 amide bonds. The summed E-state index contributed by atoms with van der Waals surface area (Å²) in [7, 11) is 2.86. The molecule has 1 aliphatic carbocycles. The van der Waals surface area contributed by atoms with Crippen molar-refractivity contribution in [3.05, 3.63) is 70.0 Å². The van der Waals surface area contributed by atoms with E-state index in [2.05, 4.69) is 0 Å². The molecule has 3 aliphatic rings. The highest BCUT2D eigenvalue weighted by Crippen LogP contribution is 2.46. The Labute approximate surface area is 278 Å². The highest BCUT2D eigenvalue weighted by Gasteiger charge is 2.44. The Hall–Kier alpha value is -4.56. The third-order valence-electron chi connectivity index (χ3n) is 9.58. The fourth-order valence-electron chi connectivity index (χ4n) is 6.63. The average molecular weight is 693 g/mol. The molecular formula is C34H34F6N4O5. The van der Waals surface area contributed by atoms with Crippen LogP contribution in [0.2, 0.25) is 0 Å². The van der Waals surface area contributed by atoms with Crippen molar-refractivity contribution < 1.29 is 50.1 Å². The van der Waals surface area contributed by atoms with Gasteiger partial charge in [0.15, 0.2) is 0 Å². The molecule has 0 bridgehead atoms. The zero-order valence-corrected chi connectivity index (χ0v) is 27.1. The second-order valence-corrected chi connectivity index (χ2v) is 12.6. The zero-order chi connectivity index (χ0) is 35.4. The minimum Gasteiger partial charge on any atom is -0.496 e. The molecule has 0 unspecified atom stereocenters. The number of benzene rings is 2. The minimum atomic E-state index is -5.06. The average Bonchev–Trinajstić information content (AvgIpc) is 3.26. The van der Waals surface area contributed by atoms with Gasteiger partial charge in [0.2, 0.25) is 5.95 Å². The monoisotopic (exact) mass is 692 g/mol. The molecule has 3 fully saturated rings. The van der Waals surface area contributed by atoms with Crippen LogP contribution < -0.4 is 9.64 Å². The predicted octanol–water partition coefficient (Wildman–Crippen LogP) is 7.46. The summed E-state index contributed by atoms with van der Waals surface area (Å²) < 4.78 is 97.9. The lowest BCUT2D eigenvalue weighted by Crippen LogP contribution is -2.39. The Morgan fingerprint density at radius 2 is 1.61 bits per heavy atom. The van der Waals surface area contributed by atoms with Gasteiger partial charge in [0.25, 0.3) is 0 Å². The number of anilines is 1. The number of halogens is 6. The van der Waals surface area contributed by atoms with Crippen LogP contribution in [0, 0.1) is 12.8 Å². The molecule has 0 spiro atoms. The highest BCUT2D eigenvalue weighted by atomic mass is 19.4. The third kappa shape index (κ3) is 6.58. The van der Waals surface area contributed by atoms with Crippen LogP contribution in [0.3, 0.4) is 0 Å². The number of ether oxygens (including phenoxy) is 3. The van der Waals surface area contributed by atoms with Crippen molar-refractivity contribution >= 4 is 18.0 Å². The van der Waals surface area contributed by atoms with Gasteiger partial charge in [-0.1, -0.05) is 6.07 Å². The lowest BCUT2D eigenvalue weighted by atomic mass is 9.71. The number of hydrogen-bond acceptors (Lipinski definition) is 8. The first-order chi connectivity index (χ1) is 23.1. The van der Waals surface area contributed by atoms with Gasteiger partial charge in [-0.25, -0.2) is 14.8 Å². The first-order valence-corrected chi connectivity index (χ1v) is 15.7. The standard InChI is InChI=1S/C34H34F6N4O5/c1-17-28(25-14-19(6-7-27(25)47-3)20-10-22(11-20)30(45)48-4)26(42-31(41-17)43-8-5-9-43)16-44-18(2)29(49-32(44)46)21-12-23(33(35,36)37)15-24(13-21)34(38,39)40/h6-7,12-15,18,20,22,29H,5,8-11,16H2,1-4H3/t18-,20?,22?,29-/m0/s1. The SMILES string of the molecule is COC(=O)C1CC(c2ccc(OC)c(-c3c(C)nc(N4CCC4)nc3CN3C(=O)O[C@H](c4cc(C(F)(F)F)cc(C(F)(F)F)c4)[C@@H]3C)c2)C1. The lowest BCUT2D eigenvalue weighted by Gasteiger charge is -2.34. The summed E-state index contributed by atoms with van der Waals surface area (Å²) in [5.41, 5.74) is -0.296. The number of amides is 1. The fourth-order valence-corrected chi connectivity index (χ4v) is 6.63. The number of nitrogens with zero attached hydrogens (tertiary/aromatic N) is 4. The van der Waals surface area contributed by atoms with Gasteiger partial charge in [-0.2, -0.15) is 26.3 Å². The number of hydrogen-bond donors (Lipinski definition) is 0. The highest BCUT2D eigenvalue weighted by molar-refractivity contribution is 5.78. The summed E-state index contributed by atoms with van der Waals surface area (Å²) in [6, 6.07) is 5.89. The second kappa shape index (κ2) is 12.7. The van der Waals surface area contributed by atoms with Crippen LogP contribution in [0.15, 0.2) is 36.4 Å². The number of esters is 1. The van der Waals surface area contributed by atoms with Gasteiger partial charge in [-0.15, -0.1) is 0 Å². The molecule has 3 aromatic rings. The van der Waals surface area contributed by atoms with Crippen molar-refractivity contribution in [2.75, 3.05) is 32.2 Å². The Balaban J connectivity index is 1.38. The van der Waals surface area contributed by atoms with Gasteiger partial charge in [0.1, 0.15) is 11.9 Å². The van der Waals surface area contributed by atoms with Crippen LogP contribution in [0.4, 0.5) is 37.1 Å². The van der Waals surface area contributed by atoms with E-state index in [4.69, 9.17) is 24.2 Å². The molecule has 1 saturated carbocycles. The van der Waals surface area contributed by atoms with Gasteiger partial charge in [-0.05, 0) is 80.5 Å². The maximum Gasteiger partial charge on any atom is 0.416 e. The minimum absolute atomic E-state index is 0.0384. The van der Waals surface area contributed by atoms with Crippen molar-refractivity contribution in [3.63, 3.8) is 0 Å². The predicted molar refractivity (Wildman–Crippen MR) is 164 cm³/mol. The van der Waals surface area contributed by atoms with E-state index in [0.29, 0.717) is 59.2 Å². The van der Waals surface area contributed by atoms with E-state index in [9.17, 15) is 35.9 Å². The van der Waals surface area contributed by atoms with Crippen LogP contribution >= 0.6 is 0 Å². The Kier molecular flexibility index (Phi) is 8.90. The quantitative estimate of drug-likeness (QED) is 0.178. The van der Waals surface area contributed by atoms with Gasteiger partial charge >= 0.3 is 24.4 Å². The molecule has 6 rings (SSSR count). The number of aryl methyl sites for hydroxylation is 1. The molecule has 2 atom stereocenters. The summed E-state index contributed by atoms with van der Waals surface area (Å²) >= 11 is 0. The topological polar surface area (TPSA) is 94.1 Å². The summed E-state index contributed by atoms with van der Waals surface area (Å²) in [4.78, 5) is 38.1. The van der Waals surface area contributed by atoms with Crippen LogP contribution in [-0.2, 0) is 33.2 Å². The van der Waals surface area contributed by atoms with E-state index >= 15 is 0 Å². The van der Waals surface area contributed by atoms with Gasteiger partial charge in [-0.3, -0.25) is 9.69 Å². The first-order valence-electron chi connectivity index (χ1n) is 15.7. The second-order valence-electron chi connectivity index (χ2n) is 12.6. The lowest BCUT2D eigenvalue weighted by molar-refractivity contribution is -0.149. The van der Waals surface area contributed by atoms with Crippen LogP contribution in [0.1, 0.15) is 71.8 Å². The van der Waals surface area contributed by atoms with E-state index in [-0.39, 0.29) is 30.4 Å². The Morgan fingerprint density at radius 3 is 2.16 bits per heavy atom. The van der Waals surface area contributed by atoms with Gasteiger partial charge in [0.05, 0.1) is 55.2 Å². The summed E-state index contributed by atoms with van der Waals surface area (Å²) in [5.74, 6) is 0.555. The Bertz CT molecular complexity index is 1740. The number of aromatic nitrogens is 2. The first kappa shape index (κ1) is 34.3. The molecule has 49 heavy (non-hydrogen) atoms. The van der Waals surface area contributed by atoms with Crippen molar-refractivity contribution in [2.24, 2.45) is 5.92 Å². The van der Waals surface area contributed by atoms with Gasteiger partial charge < -0.3 is 19.1 Å². The van der Waals surface area contributed by atoms with Crippen LogP contribution in [0.25, 0.3) is 11.1 Å². The van der Waals surface area contributed by atoms with E-state index in [1.165, 1.54) is 26.0 Å². The molecular weight excluding hydrogens is 658 g/mol.